The third kappa shape index (κ3) is 6.89. The highest BCUT2D eigenvalue weighted by molar-refractivity contribution is 5.99. The lowest BCUT2D eigenvalue weighted by Crippen LogP contribution is -2.07. The smallest absolute Gasteiger partial charge is 0.248 e. The Morgan fingerprint density at radius 2 is 1.83 bits per heavy atom. The summed E-state index contributed by atoms with van der Waals surface area (Å²) in [5.74, 6) is -0.0465. The van der Waals surface area contributed by atoms with Gasteiger partial charge in [0.15, 0.2) is 0 Å². The van der Waals surface area contributed by atoms with E-state index in [2.05, 4.69) is 12.2 Å². The van der Waals surface area contributed by atoms with Gasteiger partial charge in [-0.2, -0.15) is 0 Å². The first-order valence-electron chi connectivity index (χ1n) is 6.85. The lowest BCUT2D eigenvalue weighted by molar-refractivity contribution is -0.111. The Hall–Kier alpha value is -1.57. The van der Waals surface area contributed by atoms with Crippen LogP contribution in [0.15, 0.2) is 42.5 Å². The molecule has 0 heterocycles. The zero-order valence-corrected chi connectivity index (χ0v) is 11.2. The van der Waals surface area contributed by atoms with Gasteiger partial charge in [-0.25, -0.2) is 0 Å². The highest BCUT2D eigenvalue weighted by atomic mass is 16.1. The summed E-state index contributed by atoms with van der Waals surface area (Å²) in [7, 11) is 0. The van der Waals surface area contributed by atoms with Crippen molar-refractivity contribution >= 4 is 11.6 Å². The largest absolute Gasteiger partial charge is 0.323 e. The minimum atomic E-state index is -0.0465. The average molecular weight is 245 g/mol. The molecule has 1 aromatic rings. The summed E-state index contributed by atoms with van der Waals surface area (Å²) < 4.78 is 0. The quantitative estimate of drug-likeness (QED) is 0.528. The minimum Gasteiger partial charge on any atom is -0.323 e. The van der Waals surface area contributed by atoms with Gasteiger partial charge in [0, 0.05) is 5.69 Å². The fourth-order valence-electron chi connectivity index (χ4n) is 1.76. The molecule has 0 aromatic heterocycles. The minimum absolute atomic E-state index is 0.0465. The number of rotatable bonds is 8. The van der Waals surface area contributed by atoms with E-state index in [4.69, 9.17) is 0 Å². The summed E-state index contributed by atoms with van der Waals surface area (Å²) in [6, 6.07) is 9.52. The van der Waals surface area contributed by atoms with Gasteiger partial charge in [-0.1, -0.05) is 56.9 Å². The van der Waals surface area contributed by atoms with Crippen LogP contribution in [0.5, 0.6) is 0 Å². The predicted octanol–water partition coefficient (Wildman–Crippen LogP) is 4.54. The van der Waals surface area contributed by atoms with Crippen LogP contribution in [-0.2, 0) is 4.79 Å². The molecular formula is C16H23NO. The molecule has 0 radical (unpaired) electrons. The highest BCUT2D eigenvalue weighted by Gasteiger charge is 1.95. The first kappa shape index (κ1) is 14.5. The number of benzene rings is 1. The van der Waals surface area contributed by atoms with Crippen molar-refractivity contribution in [3.05, 3.63) is 42.5 Å². The molecule has 0 aliphatic rings. The maximum absolute atomic E-state index is 11.5. The van der Waals surface area contributed by atoms with Crippen molar-refractivity contribution < 1.29 is 4.79 Å². The van der Waals surface area contributed by atoms with Crippen LogP contribution in [0.2, 0.25) is 0 Å². The molecule has 2 heteroatoms. The molecule has 0 unspecified atom stereocenters. The molecule has 2 nitrogen and oxygen atoms in total. The molecule has 0 aliphatic carbocycles. The zero-order chi connectivity index (χ0) is 13.1. The molecule has 0 spiro atoms. The third-order valence-electron chi connectivity index (χ3n) is 2.78. The summed E-state index contributed by atoms with van der Waals surface area (Å²) in [6.07, 6.45) is 10.9. The van der Waals surface area contributed by atoms with E-state index in [0.29, 0.717) is 0 Å². The topological polar surface area (TPSA) is 29.1 Å². The van der Waals surface area contributed by atoms with Crippen LogP contribution in [0.4, 0.5) is 5.69 Å². The Morgan fingerprint density at radius 1 is 1.11 bits per heavy atom. The van der Waals surface area contributed by atoms with Gasteiger partial charge in [0.2, 0.25) is 5.91 Å². The van der Waals surface area contributed by atoms with Gasteiger partial charge >= 0.3 is 0 Å². The molecular weight excluding hydrogens is 222 g/mol. The van der Waals surface area contributed by atoms with Gasteiger partial charge in [-0.05, 0) is 31.1 Å². The lowest BCUT2D eigenvalue weighted by atomic mass is 10.1. The Balaban J connectivity index is 2.12. The number of anilines is 1. The van der Waals surface area contributed by atoms with Crippen LogP contribution in [-0.4, -0.2) is 5.91 Å². The molecule has 0 atom stereocenters. The van der Waals surface area contributed by atoms with Crippen LogP contribution in [0.25, 0.3) is 0 Å². The number of unbranched alkanes of at least 4 members (excludes halogenated alkanes) is 5. The maximum Gasteiger partial charge on any atom is 0.248 e. The zero-order valence-electron chi connectivity index (χ0n) is 11.2. The molecule has 0 aliphatic heterocycles. The molecule has 0 saturated heterocycles. The molecule has 0 saturated carbocycles. The number of allylic oxidation sites excluding steroid dienone is 1. The summed E-state index contributed by atoms with van der Waals surface area (Å²) >= 11 is 0. The lowest BCUT2D eigenvalue weighted by Gasteiger charge is -2.00. The standard InChI is InChI=1S/C16H23NO/c1-2-3-4-5-6-7-11-14-16(18)17-15-12-9-8-10-13-15/h8-14H,2-7H2,1H3,(H,17,18). The maximum atomic E-state index is 11.5. The second-order valence-electron chi connectivity index (χ2n) is 4.46. The van der Waals surface area contributed by atoms with Crippen molar-refractivity contribution in [2.24, 2.45) is 0 Å². The summed E-state index contributed by atoms with van der Waals surface area (Å²) in [5.41, 5.74) is 0.843. The van der Waals surface area contributed by atoms with Crippen molar-refractivity contribution in [3.63, 3.8) is 0 Å². The second kappa shape index (κ2) is 9.46. The number of carbonyl (C=O) groups excluding carboxylic acids is 1. The molecule has 1 amide bonds. The number of hydrogen-bond donors (Lipinski definition) is 1. The molecule has 1 rings (SSSR count). The van der Waals surface area contributed by atoms with Crippen LogP contribution in [0.1, 0.15) is 45.4 Å². The fraction of sp³-hybridized carbons (Fsp3) is 0.438. The molecule has 1 aromatic carbocycles. The first-order chi connectivity index (χ1) is 8.83. The number of hydrogen-bond acceptors (Lipinski definition) is 1. The van der Waals surface area contributed by atoms with Gasteiger partial charge in [-0.3, -0.25) is 4.79 Å². The molecule has 1 N–H and O–H groups in total. The molecule has 98 valence electrons. The van der Waals surface area contributed by atoms with E-state index >= 15 is 0 Å². The van der Waals surface area contributed by atoms with Crippen LogP contribution >= 0.6 is 0 Å². The summed E-state index contributed by atoms with van der Waals surface area (Å²) in [5, 5.41) is 2.83. The van der Waals surface area contributed by atoms with E-state index < -0.39 is 0 Å². The van der Waals surface area contributed by atoms with Gasteiger partial charge in [0.1, 0.15) is 0 Å². The van der Waals surface area contributed by atoms with Crippen molar-refractivity contribution in [1.82, 2.24) is 0 Å². The monoisotopic (exact) mass is 245 g/mol. The van der Waals surface area contributed by atoms with Crippen molar-refractivity contribution in [2.75, 3.05) is 5.32 Å². The SMILES string of the molecule is CCCCCCCC=CC(=O)Nc1ccccc1. The summed E-state index contributed by atoms with van der Waals surface area (Å²) in [6.45, 7) is 2.22. The Kier molecular flexibility index (Phi) is 7.61. The molecule has 0 fully saturated rings. The van der Waals surface area contributed by atoms with Gasteiger partial charge in [-0.15, -0.1) is 0 Å². The number of nitrogens with one attached hydrogen (secondary N) is 1. The van der Waals surface area contributed by atoms with Gasteiger partial charge in [0.05, 0.1) is 0 Å². The molecule has 0 bridgehead atoms. The van der Waals surface area contributed by atoms with E-state index in [1.807, 2.05) is 36.4 Å². The number of amides is 1. The van der Waals surface area contributed by atoms with Crippen molar-refractivity contribution in [2.45, 2.75) is 45.4 Å². The number of para-hydroxylation sites is 1. The Bertz CT molecular complexity index is 357. The third-order valence-corrected chi connectivity index (χ3v) is 2.78. The first-order valence-corrected chi connectivity index (χ1v) is 6.85. The van der Waals surface area contributed by atoms with Crippen LogP contribution in [0, 0.1) is 0 Å². The highest BCUT2D eigenvalue weighted by Crippen LogP contribution is 2.06. The average Bonchev–Trinajstić information content (AvgIpc) is 2.39. The van der Waals surface area contributed by atoms with E-state index in [1.54, 1.807) is 6.08 Å². The van der Waals surface area contributed by atoms with E-state index in [1.165, 1.54) is 32.1 Å². The van der Waals surface area contributed by atoms with Gasteiger partial charge < -0.3 is 5.32 Å². The normalized spacial score (nSPS) is 10.7. The summed E-state index contributed by atoms with van der Waals surface area (Å²) in [4.78, 5) is 11.5. The van der Waals surface area contributed by atoms with E-state index in [9.17, 15) is 4.79 Å². The second-order valence-corrected chi connectivity index (χ2v) is 4.46. The Labute approximate surface area is 110 Å². The van der Waals surface area contributed by atoms with Crippen molar-refractivity contribution in [3.8, 4) is 0 Å². The van der Waals surface area contributed by atoms with E-state index in [-0.39, 0.29) is 5.91 Å². The predicted molar refractivity (Wildman–Crippen MR) is 77.6 cm³/mol. The fourth-order valence-corrected chi connectivity index (χ4v) is 1.76. The Morgan fingerprint density at radius 3 is 2.56 bits per heavy atom. The van der Waals surface area contributed by atoms with Crippen LogP contribution in [0.3, 0.4) is 0 Å². The van der Waals surface area contributed by atoms with Gasteiger partial charge in [0.25, 0.3) is 0 Å². The van der Waals surface area contributed by atoms with Crippen LogP contribution < -0.4 is 5.32 Å². The van der Waals surface area contributed by atoms with E-state index in [0.717, 1.165) is 12.1 Å². The number of carbonyl (C=O) groups is 1. The van der Waals surface area contributed by atoms with Crippen molar-refractivity contribution in [1.29, 1.82) is 0 Å². The molecule has 18 heavy (non-hydrogen) atoms.